The molecule has 0 unspecified atom stereocenters. The van der Waals surface area contributed by atoms with Crippen molar-refractivity contribution < 1.29 is 23.0 Å². The van der Waals surface area contributed by atoms with Crippen LogP contribution in [0.4, 0.5) is 8.78 Å². The first kappa shape index (κ1) is 20.1. The standard InChI is InChI=1S/C22H25F2NO3/c1-27-19-9-7-16(8-10-19)5-6-17-11-13-25(14-12-17)21(26)18-3-2-4-20(15-18)28-22(23)24/h2-4,7-10,15,17,22H,5-6,11-14H2,1H3. The highest BCUT2D eigenvalue weighted by molar-refractivity contribution is 5.94. The van der Waals surface area contributed by atoms with E-state index in [2.05, 4.69) is 16.9 Å². The number of hydrogen-bond acceptors (Lipinski definition) is 3. The van der Waals surface area contributed by atoms with Crippen LogP contribution < -0.4 is 9.47 Å². The molecule has 28 heavy (non-hydrogen) atoms. The lowest BCUT2D eigenvalue weighted by atomic mass is 9.90. The molecule has 0 atom stereocenters. The Morgan fingerprint density at radius 3 is 2.46 bits per heavy atom. The van der Waals surface area contributed by atoms with Gasteiger partial charge in [0.05, 0.1) is 7.11 Å². The van der Waals surface area contributed by atoms with Crippen LogP contribution in [-0.2, 0) is 6.42 Å². The number of carbonyl (C=O) groups excluding carboxylic acids is 1. The van der Waals surface area contributed by atoms with Gasteiger partial charge in [-0.15, -0.1) is 0 Å². The molecule has 0 saturated carbocycles. The number of methoxy groups -OCH3 is 1. The van der Waals surface area contributed by atoms with Crippen molar-refractivity contribution in [2.24, 2.45) is 5.92 Å². The third kappa shape index (κ3) is 5.44. The van der Waals surface area contributed by atoms with Crippen LogP contribution in [0.2, 0.25) is 0 Å². The van der Waals surface area contributed by atoms with E-state index in [9.17, 15) is 13.6 Å². The van der Waals surface area contributed by atoms with E-state index in [1.54, 1.807) is 24.1 Å². The van der Waals surface area contributed by atoms with E-state index in [0.717, 1.165) is 31.4 Å². The summed E-state index contributed by atoms with van der Waals surface area (Å²) in [5.74, 6) is 1.32. The van der Waals surface area contributed by atoms with Crippen LogP contribution in [0, 0.1) is 5.92 Å². The Balaban J connectivity index is 1.48. The molecule has 1 aliphatic rings. The van der Waals surface area contributed by atoms with E-state index in [0.29, 0.717) is 24.6 Å². The van der Waals surface area contributed by atoms with Crippen LogP contribution in [0.15, 0.2) is 48.5 Å². The van der Waals surface area contributed by atoms with Gasteiger partial charge in [0, 0.05) is 18.7 Å². The number of alkyl halides is 2. The lowest BCUT2D eigenvalue weighted by Crippen LogP contribution is -2.38. The monoisotopic (exact) mass is 389 g/mol. The molecule has 0 radical (unpaired) electrons. The molecule has 0 aromatic heterocycles. The SMILES string of the molecule is COc1ccc(CCC2CCN(C(=O)c3cccc(OC(F)F)c3)CC2)cc1. The van der Waals surface area contributed by atoms with Crippen molar-refractivity contribution in [3.63, 3.8) is 0 Å². The van der Waals surface area contributed by atoms with Gasteiger partial charge in [-0.25, -0.2) is 0 Å². The molecule has 2 aromatic carbocycles. The molecule has 1 heterocycles. The minimum atomic E-state index is -2.90. The van der Waals surface area contributed by atoms with E-state index in [-0.39, 0.29) is 11.7 Å². The van der Waals surface area contributed by atoms with E-state index in [1.165, 1.54) is 17.7 Å². The molecule has 0 spiro atoms. The number of benzene rings is 2. The summed E-state index contributed by atoms with van der Waals surface area (Å²) >= 11 is 0. The summed E-state index contributed by atoms with van der Waals surface area (Å²) in [6.07, 6.45) is 4.01. The van der Waals surface area contributed by atoms with E-state index < -0.39 is 6.61 Å². The number of amides is 1. The summed E-state index contributed by atoms with van der Waals surface area (Å²) in [5.41, 5.74) is 1.67. The second kappa shape index (κ2) is 9.53. The number of hydrogen-bond donors (Lipinski definition) is 0. The number of rotatable bonds is 7. The normalized spacial score (nSPS) is 14.9. The van der Waals surface area contributed by atoms with Crippen molar-refractivity contribution in [1.82, 2.24) is 4.90 Å². The van der Waals surface area contributed by atoms with Crippen LogP contribution in [0.25, 0.3) is 0 Å². The zero-order chi connectivity index (χ0) is 19.9. The topological polar surface area (TPSA) is 38.8 Å². The minimum absolute atomic E-state index is 0.00947. The second-order valence-corrected chi connectivity index (χ2v) is 7.03. The summed E-state index contributed by atoms with van der Waals surface area (Å²) in [4.78, 5) is 14.5. The van der Waals surface area contributed by atoms with Crippen molar-refractivity contribution in [1.29, 1.82) is 0 Å². The zero-order valence-electron chi connectivity index (χ0n) is 15.9. The number of nitrogens with zero attached hydrogens (tertiary/aromatic N) is 1. The second-order valence-electron chi connectivity index (χ2n) is 7.03. The molecule has 0 bridgehead atoms. The maximum Gasteiger partial charge on any atom is 0.387 e. The van der Waals surface area contributed by atoms with Crippen molar-refractivity contribution >= 4 is 5.91 Å². The molecular formula is C22H25F2NO3. The summed E-state index contributed by atoms with van der Waals surface area (Å²) in [6, 6.07) is 14.1. The van der Waals surface area contributed by atoms with Gasteiger partial charge >= 0.3 is 6.61 Å². The van der Waals surface area contributed by atoms with Crippen molar-refractivity contribution in [3.8, 4) is 11.5 Å². The highest BCUT2D eigenvalue weighted by atomic mass is 19.3. The minimum Gasteiger partial charge on any atom is -0.497 e. The quantitative estimate of drug-likeness (QED) is 0.684. The van der Waals surface area contributed by atoms with Gasteiger partial charge in [-0.2, -0.15) is 8.78 Å². The molecule has 0 N–H and O–H groups in total. The predicted molar refractivity (Wildman–Crippen MR) is 103 cm³/mol. The maximum absolute atomic E-state index is 12.7. The molecule has 1 saturated heterocycles. The van der Waals surface area contributed by atoms with Gasteiger partial charge in [0.15, 0.2) is 0 Å². The number of aryl methyl sites for hydroxylation is 1. The average Bonchev–Trinajstić information content (AvgIpc) is 2.72. The highest BCUT2D eigenvalue weighted by Crippen LogP contribution is 2.25. The van der Waals surface area contributed by atoms with Gasteiger partial charge in [0.1, 0.15) is 11.5 Å². The first-order valence-electron chi connectivity index (χ1n) is 9.52. The molecular weight excluding hydrogens is 364 g/mol. The number of likely N-dealkylation sites (tertiary alicyclic amines) is 1. The van der Waals surface area contributed by atoms with Gasteiger partial charge in [-0.3, -0.25) is 4.79 Å². The molecule has 2 aromatic rings. The Morgan fingerprint density at radius 1 is 1.11 bits per heavy atom. The largest absolute Gasteiger partial charge is 0.497 e. The molecule has 6 heteroatoms. The van der Waals surface area contributed by atoms with Crippen LogP contribution in [-0.4, -0.2) is 37.6 Å². The molecule has 1 fully saturated rings. The fourth-order valence-corrected chi connectivity index (χ4v) is 3.58. The Morgan fingerprint density at radius 2 is 1.82 bits per heavy atom. The molecule has 150 valence electrons. The first-order valence-corrected chi connectivity index (χ1v) is 9.52. The maximum atomic E-state index is 12.7. The van der Waals surface area contributed by atoms with Gasteiger partial charge in [0.25, 0.3) is 5.91 Å². The van der Waals surface area contributed by atoms with Crippen LogP contribution in [0.3, 0.4) is 0 Å². The Labute approximate surface area is 164 Å². The van der Waals surface area contributed by atoms with E-state index in [4.69, 9.17) is 4.74 Å². The summed E-state index contributed by atoms with van der Waals surface area (Å²) in [7, 11) is 1.66. The summed E-state index contributed by atoms with van der Waals surface area (Å²) < 4.78 is 34.3. The average molecular weight is 389 g/mol. The number of halogens is 2. The van der Waals surface area contributed by atoms with Gasteiger partial charge in [0.2, 0.25) is 0 Å². The lowest BCUT2D eigenvalue weighted by Gasteiger charge is -2.32. The Kier molecular flexibility index (Phi) is 6.85. The zero-order valence-corrected chi connectivity index (χ0v) is 15.9. The highest BCUT2D eigenvalue weighted by Gasteiger charge is 2.24. The number of ether oxygens (including phenoxy) is 2. The first-order chi connectivity index (χ1) is 13.5. The van der Waals surface area contributed by atoms with E-state index >= 15 is 0 Å². The van der Waals surface area contributed by atoms with E-state index in [1.807, 2.05) is 12.1 Å². The van der Waals surface area contributed by atoms with Crippen LogP contribution in [0.1, 0.15) is 35.2 Å². The third-order valence-electron chi connectivity index (χ3n) is 5.21. The molecule has 1 amide bonds. The summed E-state index contributed by atoms with van der Waals surface area (Å²) in [6.45, 7) is -1.52. The Bertz CT molecular complexity index is 772. The van der Waals surface area contributed by atoms with Crippen LogP contribution in [0.5, 0.6) is 11.5 Å². The smallest absolute Gasteiger partial charge is 0.387 e. The summed E-state index contributed by atoms with van der Waals surface area (Å²) in [5, 5.41) is 0. The van der Waals surface area contributed by atoms with Crippen molar-refractivity contribution in [2.75, 3.05) is 20.2 Å². The fraction of sp³-hybridized carbons (Fsp3) is 0.409. The molecule has 4 nitrogen and oxygen atoms in total. The molecule has 1 aliphatic heterocycles. The predicted octanol–water partition coefficient (Wildman–Crippen LogP) is 4.78. The van der Waals surface area contributed by atoms with Gasteiger partial charge < -0.3 is 14.4 Å². The van der Waals surface area contributed by atoms with Crippen molar-refractivity contribution in [2.45, 2.75) is 32.3 Å². The van der Waals surface area contributed by atoms with Crippen LogP contribution >= 0.6 is 0 Å². The molecule has 0 aliphatic carbocycles. The van der Waals surface area contributed by atoms with Gasteiger partial charge in [-0.05, 0) is 67.5 Å². The van der Waals surface area contributed by atoms with Gasteiger partial charge in [-0.1, -0.05) is 18.2 Å². The number of carbonyl (C=O) groups is 1. The molecule has 3 rings (SSSR count). The Hall–Kier alpha value is -2.63. The number of piperidine rings is 1. The fourth-order valence-electron chi connectivity index (χ4n) is 3.58. The third-order valence-corrected chi connectivity index (χ3v) is 5.21. The lowest BCUT2D eigenvalue weighted by molar-refractivity contribution is -0.0499. The van der Waals surface area contributed by atoms with Crippen molar-refractivity contribution in [3.05, 3.63) is 59.7 Å².